The van der Waals surface area contributed by atoms with E-state index in [2.05, 4.69) is 60.5 Å². The molecule has 8 heterocycles. The van der Waals surface area contributed by atoms with Gasteiger partial charge in [-0.25, -0.2) is 9.50 Å². The monoisotopic (exact) mass is 730 g/mol. The van der Waals surface area contributed by atoms with Crippen LogP contribution in [0.2, 0.25) is 0 Å². The number of hydrogen-bond donors (Lipinski definition) is 2. The van der Waals surface area contributed by atoms with Crippen LogP contribution in [0.4, 0.5) is 16.6 Å². The lowest BCUT2D eigenvalue weighted by Crippen LogP contribution is -2.49. The van der Waals surface area contributed by atoms with Crippen LogP contribution >= 0.6 is 11.3 Å². The van der Waals surface area contributed by atoms with Crippen LogP contribution in [-0.2, 0) is 9.59 Å². The van der Waals surface area contributed by atoms with E-state index in [0.717, 1.165) is 108 Å². The number of hydrogen-bond acceptors (Lipinski definition) is 13. The summed E-state index contributed by atoms with van der Waals surface area (Å²) in [6.07, 6.45) is 8.38. The van der Waals surface area contributed by atoms with Gasteiger partial charge in [-0.3, -0.25) is 24.8 Å². The number of nitrogens with zero attached hydrogens (tertiary/aromatic N) is 10. The highest BCUT2D eigenvalue weighted by molar-refractivity contribution is 7.18. The lowest BCUT2D eigenvalue weighted by Gasteiger charge is -2.39. The van der Waals surface area contributed by atoms with E-state index in [4.69, 9.17) is 9.97 Å². The molecule has 0 aliphatic carbocycles. The highest BCUT2D eigenvalue weighted by Gasteiger charge is 2.29. The second-order valence-corrected chi connectivity index (χ2v) is 15.3. The molecule has 1 unspecified atom stereocenters. The number of fused-ring (bicyclic) bond motifs is 1. The number of anilines is 3. The van der Waals surface area contributed by atoms with Crippen LogP contribution in [0.3, 0.4) is 0 Å². The molecule has 3 fully saturated rings. The molecule has 8 rings (SSSR count). The van der Waals surface area contributed by atoms with Crippen molar-refractivity contribution >= 4 is 45.3 Å². The standard InChI is InChI=1S/C38H42N12O2S/c1-24(2)43-31-18-32(33-6-4-28-17-26(19-39)20-42-50(28)33)40-22-30(31)37-45-46-38(53-37)49-15-13-47(14-16-49)23-25-9-11-48(12-10-25)34-7-3-27(21-41-34)29-5-8-35(51)44-36(29)52/h3-4,6-7,17-18,20-22,24-25,29H,5,8-16,23H2,1-2H3,(H,40,43)(H,44,51,52). The van der Waals surface area contributed by atoms with Crippen molar-refractivity contribution in [3.8, 4) is 28.0 Å². The molecule has 2 amide bonds. The van der Waals surface area contributed by atoms with Crippen LogP contribution in [0.15, 0.2) is 55.0 Å². The van der Waals surface area contributed by atoms with Gasteiger partial charge in [-0.2, -0.15) is 10.4 Å². The Hall–Kier alpha value is -5.46. The van der Waals surface area contributed by atoms with Gasteiger partial charge in [0.2, 0.25) is 16.9 Å². The third kappa shape index (κ3) is 7.42. The molecule has 0 aromatic carbocycles. The van der Waals surface area contributed by atoms with Gasteiger partial charge >= 0.3 is 0 Å². The molecule has 1 atom stereocenters. The third-order valence-electron chi connectivity index (χ3n) is 10.4. The van der Waals surface area contributed by atoms with Crippen LogP contribution in [0.25, 0.3) is 27.5 Å². The zero-order valence-electron chi connectivity index (χ0n) is 29.9. The summed E-state index contributed by atoms with van der Waals surface area (Å²) >= 11 is 1.60. The second kappa shape index (κ2) is 14.9. The first-order chi connectivity index (χ1) is 25.8. The molecular formula is C38H42N12O2S. The summed E-state index contributed by atoms with van der Waals surface area (Å²) in [5.74, 6) is 0.869. The van der Waals surface area contributed by atoms with Crippen molar-refractivity contribution in [1.82, 2.24) is 40.0 Å². The molecule has 2 N–H and O–H groups in total. The Kier molecular flexibility index (Phi) is 9.72. The van der Waals surface area contributed by atoms with Crippen LogP contribution in [0.1, 0.15) is 56.6 Å². The van der Waals surface area contributed by atoms with E-state index in [9.17, 15) is 14.9 Å². The maximum atomic E-state index is 12.3. The molecule has 5 aromatic heterocycles. The van der Waals surface area contributed by atoms with Gasteiger partial charge in [0.1, 0.15) is 11.9 Å². The van der Waals surface area contributed by atoms with Crippen LogP contribution in [-0.4, -0.2) is 98.3 Å². The maximum absolute atomic E-state index is 12.3. The van der Waals surface area contributed by atoms with Crippen molar-refractivity contribution in [2.75, 3.05) is 60.9 Å². The summed E-state index contributed by atoms with van der Waals surface area (Å²) in [7, 11) is 0. The summed E-state index contributed by atoms with van der Waals surface area (Å²) in [5, 5.41) is 30.7. The Bertz CT molecular complexity index is 2160. The number of carbonyl (C=O) groups excluding carboxylic acids is 2. The number of carbonyl (C=O) groups is 2. The number of piperazine rings is 1. The number of aromatic nitrogens is 6. The number of nitrogens with one attached hydrogen (secondary N) is 2. The molecule has 0 radical (unpaired) electrons. The number of pyridine rings is 2. The molecule has 0 bridgehead atoms. The van der Waals surface area contributed by atoms with E-state index in [1.54, 1.807) is 28.2 Å². The van der Waals surface area contributed by atoms with E-state index >= 15 is 0 Å². The zero-order valence-corrected chi connectivity index (χ0v) is 30.7. The minimum atomic E-state index is -0.304. The van der Waals surface area contributed by atoms with Gasteiger partial charge in [0.15, 0.2) is 5.01 Å². The fraction of sp³-hybridized carbons (Fsp3) is 0.421. The van der Waals surface area contributed by atoms with E-state index in [1.165, 1.54) is 0 Å². The fourth-order valence-corrected chi connectivity index (χ4v) is 8.46. The molecule has 3 aliphatic heterocycles. The first kappa shape index (κ1) is 34.6. The second-order valence-electron chi connectivity index (χ2n) is 14.4. The van der Waals surface area contributed by atoms with Gasteiger partial charge in [-0.1, -0.05) is 17.4 Å². The van der Waals surface area contributed by atoms with Crippen molar-refractivity contribution in [2.24, 2.45) is 5.92 Å². The molecule has 53 heavy (non-hydrogen) atoms. The lowest BCUT2D eigenvalue weighted by molar-refractivity contribution is -0.134. The summed E-state index contributed by atoms with van der Waals surface area (Å²) in [6.45, 7) is 11.0. The average molecular weight is 731 g/mol. The Labute approximate surface area is 311 Å². The lowest BCUT2D eigenvalue weighted by atomic mass is 9.91. The topological polar surface area (TPSA) is 161 Å². The van der Waals surface area contributed by atoms with Gasteiger partial charge in [0.25, 0.3) is 0 Å². The molecule has 15 heteroatoms. The van der Waals surface area contributed by atoms with E-state index in [1.807, 2.05) is 42.6 Å². The van der Waals surface area contributed by atoms with Gasteiger partial charge in [0, 0.05) is 76.4 Å². The maximum Gasteiger partial charge on any atom is 0.234 e. The van der Waals surface area contributed by atoms with E-state index in [0.29, 0.717) is 24.3 Å². The third-order valence-corrected chi connectivity index (χ3v) is 11.4. The molecule has 3 aliphatic rings. The molecule has 0 spiro atoms. The summed E-state index contributed by atoms with van der Waals surface area (Å²) in [5.41, 5.74) is 5.70. The van der Waals surface area contributed by atoms with Gasteiger partial charge in [-0.15, -0.1) is 10.2 Å². The number of piperidine rings is 2. The first-order valence-corrected chi connectivity index (χ1v) is 19.1. The molecule has 0 saturated carbocycles. The summed E-state index contributed by atoms with van der Waals surface area (Å²) in [4.78, 5) is 40.6. The Morgan fingerprint density at radius 3 is 2.51 bits per heavy atom. The Morgan fingerprint density at radius 2 is 1.77 bits per heavy atom. The number of imide groups is 1. The molecule has 14 nitrogen and oxygen atoms in total. The molecular weight excluding hydrogens is 689 g/mol. The smallest absolute Gasteiger partial charge is 0.234 e. The average Bonchev–Trinajstić information content (AvgIpc) is 3.83. The minimum absolute atomic E-state index is 0.198. The molecule has 5 aromatic rings. The minimum Gasteiger partial charge on any atom is -0.382 e. The quantitative estimate of drug-likeness (QED) is 0.204. The van der Waals surface area contributed by atoms with Crippen molar-refractivity contribution in [1.29, 1.82) is 5.26 Å². The Morgan fingerprint density at radius 1 is 0.943 bits per heavy atom. The van der Waals surface area contributed by atoms with Crippen LogP contribution < -0.4 is 20.4 Å². The number of amides is 2. The van der Waals surface area contributed by atoms with Gasteiger partial charge < -0.3 is 15.1 Å². The predicted molar refractivity (Wildman–Crippen MR) is 204 cm³/mol. The molecule has 3 saturated heterocycles. The van der Waals surface area contributed by atoms with E-state index < -0.39 is 0 Å². The SMILES string of the molecule is CC(C)Nc1cc(-c2ccc3cc(C#N)cnn23)ncc1-c1nnc(N2CCN(CC3CCN(c4ccc(C5CCC(=O)NC5=O)cn4)CC3)CC2)s1. The van der Waals surface area contributed by atoms with Crippen molar-refractivity contribution in [2.45, 2.75) is 51.5 Å². The normalized spacial score (nSPS) is 18.8. The Balaban J connectivity index is 0.853. The fourth-order valence-electron chi connectivity index (χ4n) is 7.54. The number of rotatable bonds is 9. The summed E-state index contributed by atoms with van der Waals surface area (Å²) < 4.78 is 1.80. The van der Waals surface area contributed by atoms with Crippen LogP contribution in [0, 0.1) is 17.2 Å². The van der Waals surface area contributed by atoms with Crippen molar-refractivity contribution in [3.05, 3.63) is 66.1 Å². The van der Waals surface area contributed by atoms with Gasteiger partial charge in [0.05, 0.1) is 40.1 Å². The molecule has 272 valence electrons. The highest BCUT2D eigenvalue weighted by Crippen LogP contribution is 2.36. The number of nitriles is 1. The van der Waals surface area contributed by atoms with E-state index in [-0.39, 0.29) is 23.8 Å². The summed E-state index contributed by atoms with van der Waals surface area (Å²) in [6, 6.07) is 14.1. The van der Waals surface area contributed by atoms with Crippen molar-refractivity contribution in [3.63, 3.8) is 0 Å². The van der Waals surface area contributed by atoms with Crippen LogP contribution in [0.5, 0.6) is 0 Å². The van der Waals surface area contributed by atoms with Crippen molar-refractivity contribution < 1.29 is 9.59 Å². The zero-order chi connectivity index (χ0) is 36.5. The first-order valence-electron chi connectivity index (χ1n) is 18.3. The largest absolute Gasteiger partial charge is 0.382 e. The highest BCUT2D eigenvalue weighted by atomic mass is 32.1. The predicted octanol–water partition coefficient (Wildman–Crippen LogP) is 4.56. The van der Waals surface area contributed by atoms with Gasteiger partial charge in [-0.05, 0) is 74.9 Å².